The number of likely N-dealkylation sites (N-methyl/N-ethyl adjacent to an activating group) is 1. The molecule has 0 aliphatic rings. The third-order valence-electron chi connectivity index (χ3n) is 2.32. The molecule has 0 saturated heterocycles. The number of pyridine rings is 1. The second kappa shape index (κ2) is 4.80. The average Bonchev–Trinajstić information content (AvgIpc) is 2.20. The minimum Gasteiger partial charge on any atom is -0.383 e. The van der Waals surface area contributed by atoms with Gasteiger partial charge in [0.25, 0.3) is 0 Å². The highest BCUT2D eigenvalue weighted by Crippen LogP contribution is 2.20. The Balaban J connectivity index is 3.09. The highest BCUT2D eigenvalue weighted by molar-refractivity contribution is 6.31. The van der Waals surface area contributed by atoms with Crippen molar-refractivity contribution < 1.29 is 4.79 Å². The molecule has 0 fully saturated rings. The maximum absolute atomic E-state index is 12.2. The van der Waals surface area contributed by atoms with Crippen molar-refractivity contribution in [2.45, 2.75) is 26.3 Å². The van der Waals surface area contributed by atoms with E-state index in [1.54, 1.807) is 19.9 Å². The van der Waals surface area contributed by atoms with Crippen molar-refractivity contribution in [2.24, 2.45) is 0 Å². The molecule has 0 saturated carbocycles. The molecule has 3 N–H and O–H groups in total. The van der Waals surface area contributed by atoms with Crippen LogP contribution in [0.2, 0.25) is 5.02 Å². The van der Waals surface area contributed by atoms with E-state index in [4.69, 9.17) is 17.3 Å². The molecule has 1 aromatic heterocycles. The van der Waals surface area contributed by atoms with Gasteiger partial charge in [0.2, 0.25) is 0 Å². The first kappa shape index (κ1) is 12.9. The number of hydrogen-bond donors (Lipinski definition) is 2. The number of carbonyl (C=O) groups is 1. The predicted molar refractivity (Wildman–Crippen MR) is 65.7 cm³/mol. The van der Waals surface area contributed by atoms with Gasteiger partial charge >= 0.3 is 0 Å². The number of nitrogen functional groups attached to an aromatic ring is 1. The van der Waals surface area contributed by atoms with Crippen LogP contribution in [0, 0.1) is 0 Å². The lowest BCUT2D eigenvalue weighted by atomic mass is 9.93. The van der Waals surface area contributed by atoms with Crippen LogP contribution in [0.15, 0.2) is 12.3 Å². The van der Waals surface area contributed by atoms with E-state index in [9.17, 15) is 4.79 Å². The summed E-state index contributed by atoms with van der Waals surface area (Å²) in [5.74, 6) is 0.0993. The van der Waals surface area contributed by atoms with Crippen molar-refractivity contribution in [1.29, 1.82) is 0 Å². The highest BCUT2D eigenvalue weighted by atomic mass is 35.5. The Morgan fingerprint density at radius 1 is 1.62 bits per heavy atom. The molecule has 0 radical (unpaired) electrons. The summed E-state index contributed by atoms with van der Waals surface area (Å²) in [6, 6.07) is 1.55. The molecule has 5 heteroatoms. The van der Waals surface area contributed by atoms with E-state index in [1.807, 2.05) is 6.92 Å². The molecule has 0 amide bonds. The molecule has 0 spiro atoms. The van der Waals surface area contributed by atoms with Gasteiger partial charge in [-0.15, -0.1) is 0 Å². The van der Waals surface area contributed by atoms with Crippen LogP contribution in [0.3, 0.4) is 0 Å². The fraction of sp³-hybridized carbons (Fsp3) is 0.455. The highest BCUT2D eigenvalue weighted by Gasteiger charge is 2.29. The lowest BCUT2D eigenvalue weighted by Gasteiger charge is -2.24. The Hall–Kier alpha value is -1.13. The molecule has 0 unspecified atom stereocenters. The van der Waals surface area contributed by atoms with Gasteiger partial charge in [-0.2, -0.15) is 0 Å². The van der Waals surface area contributed by atoms with Crippen LogP contribution >= 0.6 is 11.6 Å². The SMILES string of the molecule is CCNC(C)(C)C(=O)c1cc(Cl)cnc1N. The zero-order chi connectivity index (χ0) is 12.3. The van der Waals surface area contributed by atoms with E-state index < -0.39 is 5.54 Å². The van der Waals surface area contributed by atoms with Crippen LogP contribution in [0.5, 0.6) is 0 Å². The fourth-order valence-electron chi connectivity index (χ4n) is 1.49. The van der Waals surface area contributed by atoms with Crippen molar-refractivity contribution >= 4 is 23.2 Å². The lowest BCUT2D eigenvalue weighted by molar-refractivity contribution is 0.0884. The van der Waals surface area contributed by atoms with Crippen LogP contribution in [-0.4, -0.2) is 22.9 Å². The molecule has 1 heterocycles. The van der Waals surface area contributed by atoms with Crippen LogP contribution in [0.25, 0.3) is 0 Å². The summed E-state index contributed by atoms with van der Waals surface area (Å²) in [4.78, 5) is 16.1. The second-order valence-electron chi connectivity index (χ2n) is 4.07. The largest absolute Gasteiger partial charge is 0.383 e. The van der Waals surface area contributed by atoms with Crippen LogP contribution in [0.4, 0.5) is 5.82 Å². The summed E-state index contributed by atoms with van der Waals surface area (Å²) < 4.78 is 0. The van der Waals surface area contributed by atoms with Gasteiger partial charge < -0.3 is 11.1 Å². The van der Waals surface area contributed by atoms with Crippen molar-refractivity contribution in [3.63, 3.8) is 0 Å². The summed E-state index contributed by atoms with van der Waals surface area (Å²) in [5.41, 5.74) is 5.35. The number of nitrogens with two attached hydrogens (primary N) is 1. The van der Waals surface area contributed by atoms with Gasteiger partial charge in [-0.25, -0.2) is 4.98 Å². The number of rotatable bonds is 4. The first-order chi connectivity index (χ1) is 7.38. The molecule has 88 valence electrons. The summed E-state index contributed by atoms with van der Waals surface area (Å²) in [5, 5.41) is 3.50. The lowest BCUT2D eigenvalue weighted by Crippen LogP contribution is -2.46. The summed E-state index contributed by atoms with van der Waals surface area (Å²) in [6.07, 6.45) is 1.42. The number of anilines is 1. The molecular weight excluding hydrogens is 226 g/mol. The minimum atomic E-state index is -0.671. The number of carbonyl (C=O) groups excluding carboxylic acids is 1. The Morgan fingerprint density at radius 3 is 2.81 bits per heavy atom. The van der Waals surface area contributed by atoms with Crippen molar-refractivity contribution in [2.75, 3.05) is 12.3 Å². The predicted octanol–water partition coefficient (Wildman–Crippen LogP) is 1.89. The number of hydrogen-bond acceptors (Lipinski definition) is 4. The maximum atomic E-state index is 12.2. The zero-order valence-electron chi connectivity index (χ0n) is 9.67. The van der Waals surface area contributed by atoms with Crippen molar-refractivity contribution in [3.05, 3.63) is 22.8 Å². The maximum Gasteiger partial charge on any atom is 0.186 e. The van der Waals surface area contributed by atoms with E-state index in [2.05, 4.69) is 10.3 Å². The quantitative estimate of drug-likeness (QED) is 0.790. The number of ketones is 1. The van der Waals surface area contributed by atoms with Gasteiger partial charge in [-0.05, 0) is 26.5 Å². The number of halogens is 1. The number of aromatic nitrogens is 1. The van der Waals surface area contributed by atoms with Crippen LogP contribution < -0.4 is 11.1 Å². The van der Waals surface area contributed by atoms with E-state index >= 15 is 0 Å². The third kappa shape index (κ3) is 2.71. The minimum absolute atomic E-state index is 0.109. The van der Waals surface area contributed by atoms with Gasteiger partial charge in [-0.1, -0.05) is 18.5 Å². The molecule has 0 atom stereocenters. The molecule has 1 aromatic rings. The van der Waals surface area contributed by atoms with Crippen LogP contribution in [0.1, 0.15) is 31.1 Å². The van der Waals surface area contributed by atoms with Crippen molar-refractivity contribution in [1.82, 2.24) is 10.3 Å². The fourth-order valence-corrected chi connectivity index (χ4v) is 1.65. The van der Waals surface area contributed by atoms with E-state index in [-0.39, 0.29) is 11.6 Å². The van der Waals surface area contributed by atoms with Gasteiger partial charge in [0, 0.05) is 6.20 Å². The van der Waals surface area contributed by atoms with Crippen molar-refractivity contribution in [3.8, 4) is 0 Å². The monoisotopic (exact) mass is 241 g/mol. The molecule has 0 bridgehead atoms. The first-order valence-corrected chi connectivity index (χ1v) is 5.47. The van der Waals surface area contributed by atoms with E-state index in [0.29, 0.717) is 17.1 Å². The Labute approximate surface area is 100 Å². The number of nitrogens with zero attached hydrogens (tertiary/aromatic N) is 1. The van der Waals surface area contributed by atoms with Gasteiger partial charge in [0.15, 0.2) is 5.78 Å². The number of nitrogens with one attached hydrogen (secondary N) is 1. The summed E-state index contributed by atoms with van der Waals surface area (Å²) in [6.45, 7) is 6.25. The zero-order valence-corrected chi connectivity index (χ0v) is 10.4. The van der Waals surface area contributed by atoms with Gasteiger partial charge in [-0.3, -0.25) is 4.79 Å². The second-order valence-corrected chi connectivity index (χ2v) is 4.51. The topological polar surface area (TPSA) is 68.0 Å². The molecule has 0 aliphatic carbocycles. The number of Topliss-reactive ketones (excluding diaryl/α,β-unsaturated/α-hetero) is 1. The molecule has 4 nitrogen and oxygen atoms in total. The standard InChI is InChI=1S/C11H16ClN3O/c1-4-15-11(2,3)9(16)8-5-7(12)6-14-10(8)13/h5-6,15H,4H2,1-3H3,(H2,13,14). The third-order valence-corrected chi connectivity index (χ3v) is 2.52. The summed E-state index contributed by atoms with van der Waals surface area (Å²) in [7, 11) is 0. The van der Waals surface area contributed by atoms with E-state index in [1.165, 1.54) is 6.20 Å². The van der Waals surface area contributed by atoms with Gasteiger partial charge in [0.05, 0.1) is 16.1 Å². The molecular formula is C11H16ClN3O. The molecule has 0 aliphatic heterocycles. The smallest absolute Gasteiger partial charge is 0.186 e. The van der Waals surface area contributed by atoms with Crippen LogP contribution in [-0.2, 0) is 0 Å². The Bertz CT molecular complexity index is 404. The molecule has 16 heavy (non-hydrogen) atoms. The molecule has 0 aromatic carbocycles. The normalized spacial score (nSPS) is 11.5. The van der Waals surface area contributed by atoms with Gasteiger partial charge in [0.1, 0.15) is 5.82 Å². The Kier molecular flexibility index (Phi) is 3.88. The van der Waals surface area contributed by atoms with E-state index in [0.717, 1.165) is 0 Å². The Morgan fingerprint density at radius 2 is 2.25 bits per heavy atom. The molecule has 1 rings (SSSR count). The summed E-state index contributed by atoms with van der Waals surface area (Å²) >= 11 is 5.80. The average molecular weight is 242 g/mol. The first-order valence-electron chi connectivity index (χ1n) is 5.09.